The minimum absolute atomic E-state index is 0.145. The number of rotatable bonds is 9. The van der Waals surface area contributed by atoms with Gasteiger partial charge in [0.25, 0.3) is 5.91 Å². The molecule has 1 heterocycles. The van der Waals surface area contributed by atoms with E-state index in [9.17, 15) is 18.0 Å². The van der Waals surface area contributed by atoms with E-state index >= 15 is 0 Å². The van der Waals surface area contributed by atoms with Crippen LogP contribution in [0.5, 0.6) is 0 Å². The second kappa shape index (κ2) is 9.65. The highest BCUT2D eigenvalue weighted by Gasteiger charge is 2.27. The number of nitrogens with zero attached hydrogens (tertiary/aromatic N) is 1. The quantitative estimate of drug-likeness (QED) is 0.499. The van der Waals surface area contributed by atoms with Gasteiger partial charge in [-0.2, -0.15) is 4.31 Å². The number of esters is 1. The second-order valence-corrected chi connectivity index (χ2v) is 7.85. The average Bonchev–Trinajstić information content (AvgIpc) is 3.19. The Morgan fingerprint density at radius 3 is 2.42 bits per heavy atom. The van der Waals surface area contributed by atoms with Gasteiger partial charge in [-0.15, -0.1) is 0 Å². The van der Waals surface area contributed by atoms with Crippen LogP contribution in [0.15, 0.2) is 29.2 Å². The molecule has 1 saturated heterocycles. The molecule has 144 valence electrons. The first-order valence-electron chi connectivity index (χ1n) is 8.48. The third-order valence-corrected chi connectivity index (χ3v) is 5.89. The second-order valence-electron chi connectivity index (χ2n) is 5.91. The standard InChI is InChI=1S/C17H24N2O6S/c1-24-12-4-9-18-16(20)13-25-17(21)14-5-7-15(8-6-14)26(22,23)19-10-2-3-11-19/h5-8H,2-4,9-13H2,1H3,(H,18,20). The van der Waals surface area contributed by atoms with Gasteiger partial charge in [-0.3, -0.25) is 4.79 Å². The summed E-state index contributed by atoms with van der Waals surface area (Å²) in [7, 11) is -1.94. The normalized spacial score (nSPS) is 15.0. The fourth-order valence-corrected chi connectivity index (χ4v) is 4.07. The van der Waals surface area contributed by atoms with E-state index in [1.54, 1.807) is 7.11 Å². The van der Waals surface area contributed by atoms with Crippen LogP contribution in [0, 0.1) is 0 Å². The fourth-order valence-electron chi connectivity index (χ4n) is 2.55. The third-order valence-electron chi connectivity index (χ3n) is 3.97. The van der Waals surface area contributed by atoms with Crippen LogP contribution < -0.4 is 5.32 Å². The van der Waals surface area contributed by atoms with E-state index in [0.29, 0.717) is 32.7 Å². The van der Waals surface area contributed by atoms with Crippen LogP contribution in [0.4, 0.5) is 0 Å². The molecule has 26 heavy (non-hydrogen) atoms. The van der Waals surface area contributed by atoms with Gasteiger partial charge < -0.3 is 14.8 Å². The van der Waals surface area contributed by atoms with E-state index in [2.05, 4.69) is 5.32 Å². The Morgan fingerprint density at radius 2 is 1.81 bits per heavy atom. The van der Waals surface area contributed by atoms with Crippen LogP contribution in [0.1, 0.15) is 29.6 Å². The van der Waals surface area contributed by atoms with Gasteiger partial charge in [-0.25, -0.2) is 13.2 Å². The summed E-state index contributed by atoms with van der Waals surface area (Å²) < 4.78 is 36.1. The van der Waals surface area contributed by atoms with Crippen molar-refractivity contribution in [2.75, 3.05) is 40.0 Å². The molecule has 0 atom stereocenters. The largest absolute Gasteiger partial charge is 0.452 e. The summed E-state index contributed by atoms with van der Waals surface area (Å²) in [5.41, 5.74) is 0.192. The van der Waals surface area contributed by atoms with Crippen molar-refractivity contribution >= 4 is 21.9 Å². The van der Waals surface area contributed by atoms with Crippen LogP contribution in [-0.2, 0) is 24.3 Å². The van der Waals surface area contributed by atoms with Crippen molar-refractivity contribution < 1.29 is 27.5 Å². The summed E-state index contributed by atoms with van der Waals surface area (Å²) in [5.74, 6) is -1.08. The van der Waals surface area contributed by atoms with E-state index in [1.807, 2.05) is 0 Å². The lowest BCUT2D eigenvalue weighted by Gasteiger charge is -2.15. The first-order valence-corrected chi connectivity index (χ1v) is 9.92. The first kappa shape index (κ1) is 20.3. The SMILES string of the molecule is COCCCNC(=O)COC(=O)c1ccc(S(=O)(=O)N2CCCC2)cc1. The number of sulfonamides is 1. The summed E-state index contributed by atoms with van der Waals surface area (Å²) in [6.45, 7) is 1.62. The molecule has 0 spiro atoms. The number of carbonyl (C=O) groups excluding carboxylic acids is 2. The topological polar surface area (TPSA) is 102 Å². The monoisotopic (exact) mass is 384 g/mol. The first-order chi connectivity index (χ1) is 12.4. The zero-order valence-corrected chi connectivity index (χ0v) is 15.6. The minimum atomic E-state index is -3.52. The Bertz CT molecular complexity index is 711. The van der Waals surface area contributed by atoms with Crippen molar-refractivity contribution in [3.63, 3.8) is 0 Å². The smallest absolute Gasteiger partial charge is 0.338 e. The Balaban J connectivity index is 1.85. The van der Waals surface area contributed by atoms with Gasteiger partial charge in [0, 0.05) is 33.4 Å². The minimum Gasteiger partial charge on any atom is -0.452 e. The molecule has 1 aromatic rings. The lowest BCUT2D eigenvalue weighted by molar-refractivity contribution is -0.124. The number of hydrogen-bond donors (Lipinski definition) is 1. The Kier molecular flexibility index (Phi) is 7.55. The summed E-state index contributed by atoms with van der Waals surface area (Å²) >= 11 is 0. The van der Waals surface area contributed by atoms with Crippen molar-refractivity contribution in [2.24, 2.45) is 0 Å². The van der Waals surface area contributed by atoms with Gasteiger partial charge >= 0.3 is 5.97 Å². The van der Waals surface area contributed by atoms with Gasteiger partial charge in [0.2, 0.25) is 10.0 Å². The molecule has 0 saturated carbocycles. The summed E-state index contributed by atoms with van der Waals surface area (Å²) in [4.78, 5) is 23.7. The maximum absolute atomic E-state index is 12.4. The van der Waals surface area contributed by atoms with Gasteiger partial charge in [-0.05, 0) is 43.5 Å². The molecule has 0 aliphatic carbocycles. The number of ether oxygens (including phenoxy) is 2. The molecule has 0 bridgehead atoms. The van der Waals surface area contributed by atoms with Crippen molar-refractivity contribution in [1.82, 2.24) is 9.62 Å². The van der Waals surface area contributed by atoms with Gasteiger partial charge in [0.1, 0.15) is 0 Å². The van der Waals surface area contributed by atoms with Crippen molar-refractivity contribution in [1.29, 1.82) is 0 Å². The number of amides is 1. The number of carbonyl (C=O) groups is 2. The lowest BCUT2D eigenvalue weighted by Crippen LogP contribution is -2.30. The average molecular weight is 384 g/mol. The Hall–Kier alpha value is -1.97. The molecule has 9 heteroatoms. The molecule has 1 amide bonds. The van der Waals surface area contributed by atoms with Crippen LogP contribution in [0.2, 0.25) is 0 Å². The van der Waals surface area contributed by atoms with Crippen LogP contribution >= 0.6 is 0 Å². The molecule has 0 unspecified atom stereocenters. The van der Waals surface area contributed by atoms with Gasteiger partial charge in [0.05, 0.1) is 10.5 Å². The van der Waals surface area contributed by atoms with E-state index in [0.717, 1.165) is 12.8 Å². The summed E-state index contributed by atoms with van der Waals surface area (Å²) in [6, 6.07) is 5.55. The molecule has 0 radical (unpaired) electrons. The Labute approximate surface area is 153 Å². The number of benzene rings is 1. The summed E-state index contributed by atoms with van der Waals surface area (Å²) in [5, 5.41) is 2.60. The van der Waals surface area contributed by atoms with Gasteiger partial charge in [0.15, 0.2) is 6.61 Å². The highest BCUT2D eigenvalue weighted by atomic mass is 32.2. The van der Waals surface area contributed by atoms with E-state index in [-0.39, 0.29) is 17.1 Å². The molecule has 1 aromatic carbocycles. The molecular formula is C17H24N2O6S. The fraction of sp³-hybridized carbons (Fsp3) is 0.529. The molecule has 8 nitrogen and oxygen atoms in total. The van der Waals surface area contributed by atoms with E-state index in [4.69, 9.17) is 9.47 Å². The molecule has 1 aliphatic rings. The van der Waals surface area contributed by atoms with Crippen molar-refractivity contribution in [3.8, 4) is 0 Å². The highest BCUT2D eigenvalue weighted by molar-refractivity contribution is 7.89. The maximum Gasteiger partial charge on any atom is 0.338 e. The maximum atomic E-state index is 12.4. The lowest BCUT2D eigenvalue weighted by atomic mass is 10.2. The third kappa shape index (κ3) is 5.52. The van der Waals surface area contributed by atoms with E-state index in [1.165, 1.54) is 28.6 Å². The molecular weight excluding hydrogens is 360 g/mol. The molecule has 1 fully saturated rings. The number of hydrogen-bond acceptors (Lipinski definition) is 6. The van der Waals surface area contributed by atoms with Crippen molar-refractivity contribution in [2.45, 2.75) is 24.2 Å². The Morgan fingerprint density at radius 1 is 1.15 bits per heavy atom. The zero-order valence-electron chi connectivity index (χ0n) is 14.8. The predicted molar refractivity (Wildman–Crippen MR) is 94.2 cm³/mol. The number of nitrogens with one attached hydrogen (secondary N) is 1. The molecule has 1 N–H and O–H groups in total. The molecule has 0 aromatic heterocycles. The summed E-state index contributed by atoms with van der Waals surface area (Å²) in [6.07, 6.45) is 2.39. The molecule has 1 aliphatic heterocycles. The van der Waals surface area contributed by atoms with Crippen molar-refractivity contribution in [3.05, 3.63) is 29.8 Å². The van der Waals surface area contributed by atoms with Crippen LogP contribution in [0.3, 0.4) is 0 Å². The van der Waals surface area contributed by atoms with Gasteiger partial charge in [-0.1, -0.05) is 0 Å². The highest BCUT2D eigenvalue weighted by Crippen LogP contribution is 2.21. The molecule has 2 rings (SSSR count). The predicted octanol–water partition coefficient (Wildman–Crippen LogP) is 0.781. The van der Waals surface area contributed by atoms with E-state index < -0.39 is 21.9 Å². The zero-order chi connectivity index (χ0) is 19.0. The number of methoxy groups -OCH3 is 1. The van der Waals surface area contributed by atoms with Crippen LogP contribution in [-0.4, -0.2) is 64.6 Å². The van der Waals surface area contributed by atoms with Crippen LogP contribution in [0.25, 0.3) is 0 Å².